The molecule has 2 rings (SSSR count). The van der Waals surface area contributed by atoms with E-state index in [1.165, 1.54) is 18.2 Å². The van der Waals surface area contributed by atoms with Gasteiger partial charge >= 0.3 is 0 Å². The van der Waals surface area contributed by atoms with Crippen LogP contribution in [0.1, 0.15) is 23.6 Å². The van der Waals surface area contributed by atoms with Crippen molar-refractivity contribution in [2.75, 3.05) is 20.2 Å². The SMILES string of the molecule is CN=C(NCc1cc(C#N)ccc1F)NCC(C)COCc1ccccc1. The van der Waals surface area contributed by atoms with Crippen LogP contribution in [-0.2, 0) is 17.9 Å². The summed E-state index contributed by atoms with van der Waals surface area (Å²) in [5, 5.41) is 15.2. The van der Waals surface area contributed by atoms with E-state index in [1.54, 1.807) is 7.05 Å². The first-order valence-electron chi connectivity index (χ1n) is 8.87. The van der Waals surface area contributed by atoms with Gasteiger partial charge in [-0.05, 0) is 29.7 Å². The van der Waals surface area contributed by atoms with Crippen LogP contribution in [0, 0.1) is 23.1 Å². The third-order valence-corrected chi connectivity index (χ3v) is 3.98. The molecule has 0 bridgehead atoms. The maximum absolute atomic E-state index is 13.8. The van der Waals surface area contributed by atoms with Crippen molar-refractivity contribution in [3.63, 3.8) is 0 Å². The van der Waals surface area contributed by atoms with Crippen molar-refractivity contribution in [1.29, 1.82) is 5.26 Å². The second-order valence-electron chi connectivity index (χ2n) is 6.33. The Labute approximate surface area is 159 Å². The Balaban J connectivity index is 1.72. The molecule has 0 aliphatic heterocycles. The molecule has 0 spiro atoms. The third-order valence-electron chi connectivity index (χ3n) is 3.98. The second-order valence-corrected chi connectivity index (χ2v) is 6.33. The van der Waals surface area contributed by atoms with Gasteiger partial charge in [0.25, 0.3) is 0 Å². The molecule has 1 unspecified atom stereocenters. The molecule has 0 saturated carbocycles. The normalized spacial score (nSPS) is 12.3. The van der Waals surface area contributed by atoms with Gasteiger partial charge in [0, 0.05) is 25.7 Å². The van der Waals surface area contributed by atoms with Crippen LogP contribution in [0.4, 0.5) is 4.39 Å². The molecule has 0 aliphatic rings. The minimum Gasteiger partial charge on any atom is -0.376 e. The molecule has 5 nitrogen and oxygen atoms in total. The second kappa shape index (κ2) is 10.9. The molecule has 0 fully saturated rings. The zero-order chi connectivity index (χ0) is 19.5. The number of nitriles is 1. The molecule has 0 aliphatic carbocycles. The van der Waals surface area contributed by atoms with E-state index in [4.69, 9.17) is 10.00 Å². The number of halogens is 1. The van der Waals surface area contributed by atoms with Gasteiger partial charge in [0.15, 0.2) is 5.96 Å². The monoisotopic (exact) mass is 368 g/mol. The molecular weight excluding hydrogens is 343 g/mol. The van der Waals surface area contributed by atoms with Crippen LogP contribution in [-0.4, -0.2) is 26.2 Å². The lowest BCUT2D eigenvalue weighted by Gasteiger charge is -2.16. The first-order valence-corrected chi connectivity index (χ1v) is 8.87. The predicted octanol–water partition coefficient (Wildman–Crippen LogP) is 3.22. The predicted molar refractivity (Wildman–Crippen MR) is 105 cm³/mol. The lowest BCUT2D eigenvalue weighted by atomic mass is 10.1. The number of hydrogen-bond acceptors (Lipinski definition) is 3. The van der Waals surface area contributed by atoms with Crippen LogP contribution >= 0.6 is 0 Å². The van der Waals surface area contributed by atoms with Crippen molar-refractivity contribution in [3.8, 4) is 6.07 Å². The Kier molecular flexibility index (Phi) is 8.27. The molecule has 6 heteroatoms. The first-order chi connectivity index (χ1) is 13.1. The summed E-state index contributed by atoms with van der Waals surface area (Å²) in [7, 11) is 1.66. The topological polar surface area (TPSA) is 69.4 Å². The fraction of sp³-hybridized carbons (Fsp3) is 0.333. The van der Waals surface area contributed by atoms with Gasteiger partial charge < -0.3 is 15.4 Å². The maximum atomic E-state index is 13.8. The highest BCUT2D eigenvalue weighted by molar-refractivity contribution is 5.79. The zero-order valence-corrected chi connectivity index (χ0v) is 15.7. The number of aliphatic imine (C=N–C) groups is 1. The molecule has 2 N–H and O–H groups in total. The van der Waals surface area contributed by atoms with E-state index in [1.807, 2.05) is 36.4 Å². The lowest BCUT2D eigenvalue weighted by molar-refractivity contribution is 0.0931. The number of benzene rings is 2. The van der Waals surface area contributed by atoms with Gasteiger partial charge in [-0.1, -0.05) is 37.3 Å². The average molecular weight is 368 g/mol. The van der Waals surface area contributed by atoms with Crippen molar-refractivity contribution in [2.24, 2.45) is 10.9 Å². The van der Waals surface area contributed by atoms with E-state index in [-0.39, 0.29) is 18.3 Å². The highest BCUT2D eigenvalue weighted by atomic mass is 19.1. The van der Waals surface area contributed by atoms with Gasteiger partial charge in [-0.3, -0.25) is 4.99 Å². The molecule has 142 valence electrons. The molecule has 1 atom stereocenters. The standard InChI is InChI=1S/C21H25FN4O/c1-16(14-27-15-17-6-4-3-5-7-17)12-25-21(24-2)26-13-19-10-18(11-23)8-9-20(19)22/h3-10,16H,12-15H2,1-2H3,(H2,24,25,26). The molecule has 0 radical (unpaired) electrons. The van der Waals surface area contributed by atoms with Crippen LogP contribution in [0.5, 0.6) is 0 Å². The quantitative estimate of drug-likeness (QED) is 0.554. The summed E-state index contributed by atoms with van der Waals surface area (Å²) in [6.07, 6.45) is 0. The van der Waals surface area contributed by atoms with Crippen LogP contribution < -0.4 is 10.6 Å². The Morgan fingerprint density at radius 3 is 2.70 bits per heavy atom. The molecule has 2 aromatic rings. The number of nitrogens with zero attached hydrogens (tertiary/aromatic N) is 2. The highest BCUT2D eigenvalue weighted by Gasteiger charge is 2.07. The van der Waals surface area contributed by atoms with E-state index in [9.17, 15) is 4.39 Å². The van der Waals surface area contributed by atoms with Gasteiger partial charge in [-0.25, -0.2) is 4.39 Å². The fourth-order valence-electron chi connectivity index (χ4n) is 2.46. The van der Waals surface area contributed by atoms with Crippen LogP contribution in [0.25, 0.3) is 0 Å². The summed E-state index contributed by atoms with van der Waals surface area (Å²) in [4.78, 5) is 4.14. The first kappa shape index (κ1) is 20.4. The minimum atomic E-state index is -0.348. The maximum Gasteiger partial charge on any atom is 0.191 e. The highest BCUT2D eigenvalue weighted by Crippen LogP contribution is 2.09. The van der Waals surface area contributed by atoms with Gasteiger partial charge in [0.2, 0.25) is 0 Å². The summed E-state index contributed by atoms with van der Waals surface area (Å²) >= 11 is 0. The van der Waals surface area contributed by atoms with Crippen LogP contribution in [0.15, 0.2) is 53.5 Å². The largest absolute Gasteiger partial charge is 0.376 e. The molecule has 2 aromatic carbocycles. The number of guanidine groups is 1. The van der Waals surface area contributed by atoms with E-state index >= 15 is 0 Å². The van der Waals surface area contributed by atoms with Crippen molar-refractivity contribution in [2.45, 2.75) is 20.1 Å². The summed E-state index contributed by atoms with van der Waals surface area (Å²) in [6.45, 7) is 4.22. The Morgan fingerprint density at radius 2 is 2.00 bits per heavy atom. The fourth-order valence-corrected chi connectivity index (χ4v) is 2.46. The minimum absolute atomic E-state index is 0.250. The summed E-state index contributed by atoms with van der Waals surface area (Å²) in [5.74, 6) is 0.511. The van der Waals surface area contributed by atoms with Crippen molar-refractivity contribution < 1.29 is 9.13 Å². The molecule has 0 saturated heterocycles. The molecule has 0 aromatic heterocycles. The lowest BCUT2D eigenvalue weighted by Crippen LogP contribution is -2.39. The Hall–Kier alpha value is -2.91. The smallest absolute Gasteiger partial charge is 0.191 e. The molecule has 0 amide bonds. The number of hydrogen-bond donors (Lipinski definition) is 2. The average Bonchev–Trinajstić information content (AvgIpc) is 2.70. The molecule has 0 heterocycles. The van der Waals surface area contributed by atoms with Crippen molar-refractivity contribution in [3.05, 3.63) is 71.0 Å². The summed E-state index contributed by atoms with van der Waals surface area (Å²) in [6, 6.07) is 16.4. The number of nitrogens with one attached hydrogen (secondary N) is 2. The van der Waals surface area contributed by atoms with Crippen LogP contribution in [0.2, 0.25) is 0 Å². The van der Waals surface area contributed by atoms with Crippen LogP contribution in [0.3, 0.4) is 0 Å². The van der Waals surface area contributed by atoms with Crippen molar-refractivity contribution >= 4 is 5.96 Å². The molecule has 27 heavy (non-hydrogen) atoms. The third kappa shape index (κ3) is 7.08. The van der Waals surface area contributed by atoms with E-state index in [0.717, 1.165) is 5.56 Å². The Morgan fingerprint density at radius 1 is 1.22 bits per heavy atom. The van der Waals surface area contributed by atoms with Crippen molar-refractivity contribution in [1.82, 2.24) is 10.6 Å². The summed E-state index contributed by atoms with van der Waals surface area (Å²) in [5.41, 5.74) is 2.01. The van der Waals surface area contributed by atoms with Gasteiger partial charge in [0.05, 0.1) is 24.8 Å². The van der Waals surface area contributed by atoms with Gasteiger partial charge in [-0.15, -0.1) is 0 Å². The number of ether oxygens (including phenoxy) is 1. The van der Waals surface area contributed by atoms with E-state index < -0.39 is 0 Å². The van der Waals surface area contributed by atoms with E-state index in [0.29, 0.717) is 36.8 Å². The number of rotatable bonds is 8. The van der Waals surface area contributed by atoms with Gasteiger partial charge in [-0.2, -0.15) is 5.26 Å². The molecular formula is C21H25FN4O. The van der Waals surface area contributed by atoms with Gasteiger partial charge in [0.1, 0.15) is 5.82 Å². The van der Waals surface area contributed by atoms with E-state index in [2.05, 4.69) is 22.5 Å². The summed E-state index contributed by atoms with van der Waals surface area (Å²) < 4.78 is 19.6. The Bertz CT molecular complexity index is 787. The zero-order valence-electron chi connectivity index (χ0n) is 15.7.